The van der Waals surface area contributed by atoms with Crippen molar-refractivity contribution in [2.75, 3.05) is 13.7 Å². The first-order valence-electron chi connectivity index (χ1n) is 7.06. The van der Waals surface area contributed by atoms with E-state index in [4.69, 9.17) is 4.74 Å². The van der Waals surface area contributed by atoms with E-state index in [0.29, 0.717) is 5.88 Å². The molecule has 0 saturated carbocycles. The zero-order valence-electron chi connectivity index (χ0n) is 12.3. The maximum atomic E-state index is 5.20. The topological polar surface area (TPSA) is 47.0 Å². The number of hydrogen-bond donors (Lipinski definition) is 1. The van der Waals surface area contributed by atoms with Crippen LogP contribution in [0.1, 0.15) is 30.6 Å². The zero-order chi connectivity index (χ0) is 15.1. The van der Waals surface area contributed by atoms with E-state index in [1.165, 1.54) is 9.13 Å². The molecule has 0 aliphatic heterocycles. The van der Waals surface area contributed by atoms with Crippen LogP contribution < -0.4 is 10.1 Å². The number of rotatable bonds is 7. The van der Waals surface area contributed by atoms with E-state index in [1.807, 2.05) is 6.07 Å². The number of nitrogens with zero attached hydrogens (tertiary/aromatic N) is 2. The minimum absolute atomic E-state index is 0.168. The molecule has 0 radical (unpaired) electrons. The van der Waals surface area contributed by atoms with Crippen LogP contribution in [0.2, 0.25) is 0 Å². The van der Waals surface area contributed by atoms with Gasteiger partial charge in [0.1, 0.15) is 6.33 Å². The lowest BCUT2D eigenvalue weighted by atomic mass is 10.0. The highest BCUT2D eigenvalue weighted by Crippen LogP contribution is 2.20. The third kappa shape index (κ3) is 4.93. The van der Waals surface area contributed by atoms with Crippen molar-refractivity contribution >= 4 is 22.6 Å². The molecule has 0 spiro atoms. The van der Waals surface area contributed by atoms with Crippen LogP contribution in [0.15, 0.2) is 36.7 Å². The van der Waals surface area contributed by atoms with E-state index in [1.54, 1.807) is 13.4 Å². The summed E-state index contributed by atoms with van der Waals surface area (Å²) in [6.45, 7) is 3.12. The highest BCUT2D eigenvalue weighted by Gasteiger charge is 2.14. The van der Waals surface area contributed by atoms with Crippen molar-refractivity contribution in [3.05, 3.63) is 51.5 Å². The molecule has 1 aromatic heterocycles. The van der Waals surface area contributed by atoms with Gasteiger partial charge < -0.3 is 10.1 Å². The lowest BCUT2D eigenvalue weighted by Crippen LogP contribution is -2.25. The van der Waals surface area contributed by atoms with Crippen molar-refractivity contribution < 1.29 is 4.74 Å². The summed E-state index contributed by atoms with van der Waals surface area (Å²) in [7, 11) is 1.62. The Morgan fingerprint density at radius 2 is 2.00 bits per heavy atom. The Balaban J connectivity index is 2.18. The average molecular weight is 397 g/mol. The Morgan fingerprint density at radius 3 is 2.67 bits per heavy atom. The average Bonchev–Trinajstić information content (AvgIpc) is 2.53. The Hall–Kier alpha value is -1.21. The van der Waals surface area contributed by atoms with Crippen LogP contribution in [-0.4, -0.2) is 23.6 Å². The first-order chi connectivity index (χ1) is 10.2. The van der Waals surface area contributed by atoms with Gasteiger partial charge in [0.05, 0.1) is 18.8 Å². The van der Waals surface area contributed by atoms with Crippen LogP contribution in [0.3, 0.4) is 0 Å². The van der Waals surface area contributed by atoms with Crippen molar-refractivity contribution in [3.8, 4) is 5.88 Å². The normalized spacial score (nSPS) is 12.1. The predicted octanol–water partition coefficient (Wildman–Crippen LogP) is 3.37. The fourth-order valence-corrected chi connectivity index (χ4v) is 2.47. The number of hydrogen-bond acceptors (Lipinski definition) is 4. The molecular formula is C16H20IN3O. The Kier molecular flexibility index (Phi) is 6.38. The van der Waals surface area contributed by atoms with Crippen molar-refractivity contribution in [1.82, 2.24) is 15.3 Å². The zero-order valence-corrected chi connectivity index (χ0v) is 14.5. The fourth-order valence-electron chi connectivity index (χ4n) is 2.11. The van der Waals surface area contributed by atoms with Crippen LogP contribution in [0.5, 0.6) is 5.88 Å². The quantitative estimate of drug-likeness (QED) is 0.728. The number of halogens is 1. The molecule has 4 nitrogen and oxygen atoms in total. The summed E-state index contributed by atoms with van der Waals surface area (Å²) >= 11 is 2.32. The Labute approximate surface area is 139 Å². The molecule has 0 fully saturated rings. The number of benzene rings is 1. The number of methoxy groups -OCH3 is 1. The van der Waals surface area contributed by atoms with Gasteiger partial charge in [-0.05, 0) is 59.7 Å². The van der Waals surface area contributed by atoms with Crippen molar-refractivity contribution in [3.63, 3.8) is 0 Å². The lowest BCUT2D eigenvalue weighted by molar-refractivity contribution is 0.393. The third-order valence-electron chi connectivity index (χ3n) is 3.22. The summed E-state index contributed by atoms with van der Waals surface area (Å²) in [5.41, 5.74) is 2.26. The molecule has 0 aliphatic rings. The number of aromatic nitrogens is 2. The molecule has 5 heteroatoms. The van der Waals surface area contributed by atoms with E-state index in [-0.39, 0.29) is 6.04 Å². The van der Waals surface area contributed by atoms with Crippen LogP contribution in [-0.2, 0) is 6.42 Å². The van der Waals surface area contributed by atoms with Gasteiger partial charge in [0, 0.05) is 9.64 Å². The van der Waals surface area contributed by atoms with Crippen LogP contribution in [0, 0.1) is 3.57 Å². The SMILES string of the molecule is CCCNC(Cc1ccc(I)cc1)c1cc(OC)ncn1. The van der Waals surface area contributed by atoms with Crippen LogP contribution >= 0.6 is 22.6 Å². The molecule has 112 valence electrons. The van der Waals surface area contributed by atoms with Gasteiger partial charge in [-0.2, -0.15) is 0 Å². The van der Waals surface area contributed by atoms with Gasteiger partial charge in [-0.3, -0.25) is 0 Å². The molecule has 1 unspecified atom stereocenters. The molecule has 1 heterocycles. The molecule has 0 aliphatic carbocycles. The second-order valence-corrected chi connectivity index (χ2v) is 6.07. The summed E-state index contributed by atoms with van der Waals surface area (Å²) in [4.78, 5) is 8.48. The van der Waals surface area contributed by atoms with Gasteiger partial charge in [-0.15, -0.1) is 0 Å². The number of nitrogens with one attached hydrogen (secondary N) is 1. The monoisotopic (exact) mass is 397 g/mol. The molecule has 0 amide bonds. The second kappa shape index (κ2) is 8.29. The van der Waals surface area contributed by atoms with Gasteiger partial charge in [0.2, 0.25) is 5.88 Å². The fraction of sp³-hybridized carbons (Fsp3) is 0.375. The molecule has 2 aromatic rings. The van der Waals surface area contributed by atoms with Gasteiger partial charge >= 0.3 is 0 Å². The van der Waals surface area contributed by atoms with Crippen molar-refractivity contribution in [2.45, 2.75) is 25.8 Å². The van der Waals surface area contributed by atoms with E-state index in [0.717, 1.165) is 25.1 Å². The summed E-state index contributed by atoms with van der Waals surface area (Å²) in [5.74, 6) is 0.603. The summed E-state index contributed by atoms with van der Waals surface area (Å²) < 4.78 is 6.44. The van der Waals surface area contributed by atoms with Crippen LogP contribution in [0.4, 0.5) is 0 Å². The molecule has 1 atom stereocenters. The van der Waals surface area contributed by atoms with Crippen LogP contribution in [0.25, 0.3) is 0 Å². The van der Waals surface area contributed by atoms with Gasteiger partial charge in [-0.25, -0.2) is 9.97 Å². The maximum absolute atomic E-state index is 5.20. The molecule has 21 heavy (non-hydrogen) atoms. The van der Waals surface area contributed by atoms with Gasteiger partial charge in [0.15, 0.2) is 0 Å². The Bertz CT molecular complexity index is 560. The maximum Gasteiger partial charge on any atom is 0.216 e. The highest BCUT2D eigenvalue weighted by atomic mass is 127. The largest absolute Gasteiger partial charge is 0.481 e. The Morgan fingerprint density at radius 1 is 1.24 bits per heavy atom. The minimum Gasteiger partial charge on any atom is -0.481 e. The van der Waals surface area contributed by atoms with Gasteiger partial charge in [0.25, 0.3) is 0 Å². The van der Waals surface area contributed by atoms with Crippen molar-refractivity contribution in [1.29, 1.82) is 0 Å². The first kappa shape index (κ1) is 16.2. The van der Waals surface area contributed by atoms with Crippen molar-refractivity contribution in [2.24, 2.45) is 0 Å². The molecule has 2 rings (SSSR count). The second-order valence-electron chi connectivity index (χ2n) is 4.82. The highest BCUT2D eigenvalue weighted by molar-refractivity contribution is 14.1. The minimum atomic E-state index is 0.168. The lowest BCUT2D eigenvalue weighted by Gasteiger charge is -2.18. The standard InChI is InChI=1S/C16H20IN3O/c1-3-8-18-14(9-12-4-6-13(17)7-5-12)15-10-16(21-2)20-11-19-15/h4-7,10-11,14,18H,3,8-9H2,1-2H3. The smallest absolute Gasteiger partial charge is 0.216 e. The molecule has 1 N–H and O–H groups in total. The summed E-state index contributed by atoms with van der Waals surface area (Å²) in [6.07, 6.45) is 3.55. The summed E-state index contributed by atoms with van der Waals surface area (Å²) in [6, 6.07) is 10.7. The van der Waals surface area contributed by atoms with Gasteiger partial charge in [-0.1, -0.05) is 19.1 Å². The molecule has 0 saturated heterocycles. The van der Waals surface area contributed by atoms with E-state index in [9.17, 15) is 0 Å². The third-order valence-corrected chi connectivity index (χ3v) is 3.94. The van der Waals surface area contributed by atoms with E-state index >= 15 is 0 Å². The summed E-state index contributed by atoms with van der Waals surface area (Å²) in [5, 5.41) is 3.55. The predicted molar refractivity (Wildman–Crippen MR) is 92.5 cm³/mol. The molecule has 1 aromatic carbocycles. The molecule has 0 bridgehead atoms. The van der Waals surface area contributed by atoms with E-state index < -0.39 is 0 Å². The first-order valence-corrected chi connectivity index (χ1v) is 8.14. The molecular weight excluding hydrogens is 377 g/mol. The van der Waals surface area contributed by atoms with E-state index in [2.05, 4.69) is 69.1 Å². The number of ether oxygens (including phenoxy) is 1.